The zero-order valence-corrected chi connectivity index (χ0v) is 15.1. The van der Waals surface area contributed by atoms with E-state index in [0.29, 0.717) is 13.0 Å². The van der Waals surface area contributed by atoms with E-state index in [4.69, 9.17) is 0 Å². The first kappa shape index (κ1) is 16.8. The SMILES string of the molecule is Cn1cc(-c2cc3cc(CC(=O)CN4CCCCC4)ncc3cn2)cn1. The molecule has 3 aromatic heterocycles. The number of Topliss-reactive ketones (excluding diaryl/α,β-unsaturated/α-hetero) is 1. The monoisotopic (exact) mass is 349 g/mol. The van der Waals surface area contributed by atoms with Gasteiger partial charge in [0.25, 0.3) is 0 Å². The largest absolute Gasteiger partial charge is 0.298 e. The van der Waals surface area contributed by atoms with Crippen molar-refractivity contribution < 1.29 is 4.79 Å². The fraction of sp³-hybridized carbons (Fsp3) is 0.400. The van der Waals surface area contributed by atoms with Gasteiger partial charge < -0.3 is 0 Å². The van der Waals surface area contributed by atoms with Gasteiger partial charge in [-0.25, -0.2) is 0 Å². The van der Waals surface area contributed by atoms with E-state index in [2.05, 4.69) is 20.0 Å². The standard InChI is InChI=1S/C20H23N5O/c1-24-13-17(12-23-24)20-8-15-7-18(21-10-16(15)11-22-20)9-19(26)14-25-5-3-2-4-6-25/h7-8,10-13H,2-6,9,14H2,1H3. The molecule has 0 radical (unpaired) electrons. The van der Waals surface area contributed by atoms with Crippen LogP contribution in [0.15, 0.2) is 36.9 Å². The maximum Gasteiger partial charge on any atom is 0.152 e. The molecule has 0 bridgehead atoms. The number of fused-ring (bicyclic) bond motifs is 1. The Morgan fingerprint density at radius 2 is 1.85 bits per heavy atom. The Balaban J connectivity index is 1.51. The van der Waals surface area contributed by atoms with Gasteiger partial charge in [-0.3, -0.25) is 24.3 Å². The van der Waals surface area contributed by atoms with Crippen molar-refractivity contribution >= 4 is 16.6 Å². The molecule has 4 rings (SSSR count). The lowest BCUT2D eigenvalue weighted by atomic mass is 10.1. The van der Waals surface area contributed by atoms with Gasteiger partial charge in [0.05, 0.1) is 24.9 Å². The molecule has 1 aliphatic heterocycles. The second kappa shape index (κ2) is 7.33. The molecule has 4 heterocycles. The third-order valence-corrected chi connectivity index (χ3v) is 4.89. The molecule has 6 nitrogen and oxygen atoms in total. The highest BCUT2D eigenvalue weighted by Crippen LogP contribution is 2.21. The van der Waals surface area contributed by atoms with Gasteiger partial charge in [0.15, 0.2) is 5.78 Å². The fourth-order valence-electron chi connectivity index (χ4n) is 3.52. The minimum atomic E-state index is 0.236. The number of aryl methyl sites for hydroxylation is 1. The Labute approximate surface area is 152 Å². The summed E-state index contributed by atoms with van der Waals surface area (Å²) in [6, 6.07) is 4.04. The number of hydrogen-bond acceptors (Lipinski definition) is 5. The molecule has 0 atom stereocenters. The number of nitrogens with zero attached hydrogens (tertiary/aromatic N) is 5. The highest BCUT2D eigenvalue weighted by Gasteiger charge is 2.15. The molecule has 6 heteroatoms. The van der Waals surface area contributed by atoms with Crippen molar-refractivity contribution in [3.8, 4) is 11.3 Å². The minimum Gasteiger partial charge on any atom is -0.298 e. The number of aromatic nitrogens is 4. The summed E-state index contributed by atoms with van der Waals surface area (Å²) in [5, 5.41) is 6.23. The lowest BCUT2D eigenvalue weighted by Crippen LogP contribution is -2.35. The van der Waals surface area contributed by atoms with Gasteiger partial charge >= 0.3 is 0 Å². The zero-order valence-electron chi connectivity index (χ0n) is 15.1. The second-order valence-corrected chi connectivity index (χ2v) is 7.05. The van der Waals surface area contributed by atoms with Crippen molar-refractivity contribution in [2.24, 2.45) is 7.05 Å². The summed E-state index contributed by atoms with van der Waals surface area (Å²) in [4.78, 5) is 23.6. The summed E-state index contributed by atoms with van der Waals surface area (Å²) < 4.78 is 1.76. The molecule has 0 unspecified atom stereocenters. The quantitative estimate of drug-likeness (QED) is 0.708. The van der Waals surface area contributed by atoms with Crippen LogP contribution >= 0.6 is 0 Å². The van der Waals surface area contributed by atoms with E-state index < -0.39 is 0 Å². The van der Waals surface area contributed by atoms with Gasteiger partial charge in [-0.2, -0.15) is 5.10 Å². The van der Waals surface area contributed by atoms with Gasteiger partial charge in [0.2, 0.25) is 0 Å². The van der Waals surface area contributed by atoms with E-state index >= 15 is 0 Å². The molecular formula is C20H23N5O. The number of rotatable bonds is 5. The molecule has 0 aliphatic carbocycles. The predicted molar refractivity (Wildman–Crippen MR) is 101 cm³/mol. The molecule has 134 valence electrons. The molecule has 0 aromatic carbocycles. The number of piperidine rings is 1. The molecule has 1 fully saturated rings. The van der Waals surface area contributed by atoms with Gasteiger partial charge in [0.1, 0.15) is 0 Å². The Kier molecular flexibility index (Phi) is 4.75. The van der Waals surface area contributed by atoms with Crippen molar-refractivity contribution in [2.45, 2.75) is 25.7 Å². The van der Waals surface area contributed by atoms with Gasteiger partial charge in [-0.15, -0.1) is 0 Å². The Morgan fingerprint density at radius 1 is 1.04 bits per heavy atom. The molecule has 0 N–H and O–H groups in total. The topological polar surface area (TPSA) is 63.9 Å². The first-order chi connectivity index (χ1) is 12.7. The smallest absolute Gasteiger partial charge is 0.152 e. The number of likely N-dealkylation sites (tertiary alicyclic amines) is 1. The lowest BCUT2D eigenvalue weighted by Gasteiger charge is -2.25. The number of pyridine rings is 2. The molecule has 0 spiro atoms. The molecule has 3 aromatic rings. The van der Waals surface area contributed by atoms with Gasteiger partial charge in [0, 0.05) is 42.3 Å². The van der Waals surface area contributed by atoms with Crippen LogP contribution in [0.1, 0.15) is 25.0 Å². The van der Waals surface area contributed by atoms with Crippen LogP contribution in [0.3, 0.4) is 0 Å². The minimum absolute atomic E-state index is 0.236. The summed E-state index contributed by atoms with van der Waals surface area (Å²) in [7, 11) is 1.89. The number of carbonyl (C=O) groups excluding carboxylic acids is 1. The summed E-state index contributed by atoms with van der Waals surface area (Å²) in [6.45, 7) is 2.62. The normalized spacial score (nSPS) is 15.4. The summed E-state index contributed by atoms with van der Waals surface area (Å²) in [5.41, 5.74) is 2.68. The van der Waals surface area contributed by atoms with Crippen LogP contribution in [0, 0.1) is 0 Å². The molecule has 0 amide bonds. The van der Waals surface area contributed by atoms with Crippen LogP contribution in [-0.4, -0.2) is 50.1 Å². The third-order valence-electron chi connectivity index (χ3n) is 4.89. The first-order valence-electron chi connectivity index (χ1n) is 9.15. The second-order valence-electron chi connectivity index (χ2n) is 7.05. The van der Waals surface area contributed by atoms with E-state index in [1.54, 1.807) is 17.1 Å². The Morgan fingerprint density at radius 3 is 2.62 bits per heavy atom. The molecule has 26 heavy (non-hydrogen) atoms. The van der Waals surface area contributed by atoms with Crippen LogP contribution in [0.5, 0.6) is 0 Å². The van der Waals surface area contributed by atoms with E-state index in [9.17, 15) is 4.79 Å². The maximum absolute atomic E-state index is 12.4. The van der Waals surface area contributed by atoms with Crippen LogP contribution in [0.25, 0.3) is 22.0 Å². The van der Waals surface area contributed by atoms with Gasteiger partial charge in [-0.1, -0.05) is 6.42 Å². The molecule has 0 saturated carbocycles. The lowest BCUT2D eigenvalue weighted by molar-refractivity contribution is -0.119. The Hall–Kier alpha value is -2.60. The summed E-state index contributed by atoms with van der Waals surface area (Å²) in [5.74, 6) is 0.236. The highest BCUT2D eigenvalue weighted by molar-refractivity contribution is 5.87. The van der Waals surface area contributed by atoms with Crippen molar-refractivity contribution in [1.82, 2.24) is 24.6 Å². The highest BCUT2D eigenvalue weighted by atomic mass is 16.1. The van der Waals surface area contributed by atoms with Crippen molar-refractivity contribution in [3.63, 3.8) is 0 Å². The van der Waals surface area contributed by atoms with Crippen LogP contribution in [0.2, 0.25) is 0 Å². The van der Waals surface area contributed by atoms with E-state index in [0.717, 1.165) is 40.8 Å². The third kappa shape index (κ3) is 3.80. The van der Waals surface area contributed by atoms with E-state index in [1.807, 2.05) is 31.6 Å². The van der Waals surface area contributed by atoms with Crippen molar-refractivity contribution in [1.29, 1.82) is 0 Å². The van der Waals surface area contributed by atoms with Crippen LogP contribution < -0.4 is 0 Å². The average Bonchev–Trinajstić information content (AvgIpc) is 3.08. The van der Waals surface area contributed by atoms with Crippen LogP contribution in [-0.2, 0) is 18.3 Å². The van der Waals surface area contributed by atoms with Crippen molar-refractivity contribution in [3.05, 3.63) is 42.6 Å². The van der Waals surface area contributed by atoms with Gasteiger partial charge in [-0.05, 0) is 43.5 Å². The predicted octanol–water partition coefficient (Wildman–Crippen LogP) is 2.63. The molecular weight excluding hydrogens is 326 g/mol. The summed E-state index contributed by atoms with van der Waals surface area (Å²) >= 11 is 0. The summed E-state index contributed by atoms with van der Waals surface area (Å²) in [6.07, 6.45) is 11.4. The van der Waals surface area contributed by atoms with Crippen LogP contribution in [0.4, 0.5) is 0 Å². The van der Waals surface area contributed by atoms with E-state index in [1.165, 1.54) is 19.3 Å². The van der Waals surface area contributed by atoms with Crippen molar-refractivity contribution in [2.75, 3.05) is 19.6 Å². The first-order valence-corrected chi connectivity index (χ1v) is 9.15. The fourth-order valence-corrected chi connectivity index (χ4v) is 3.52. The molecule has 1 saturated heterocycles. The Bertz CT molecular complexity index is 927. The average molecular weight is 349 g/mol. The maximum atomic E-state index is 12.4. The number of carbonyl (C=O) groups is 1. The van der Waals surface area contributed by atoms with E-state index in [-0.39, 0.29) is 5.78 Å². The molecule has 1 aliphatic rings. The number of hydrogen-bond donors (Lipinski definition) is 0. The number of ketones is 1. The zero-order chi connectivity index (χ0) is 17.9.